The van der Waals surface area contributed by atoms with Crippen molar-refractivity contribution in [2.45, 2.75) is 25.9 Å². The second-order valence-corrected chi connectivity index (χ2v) is 5.50. The lowest BCUT2D eigenvalue weighted by Crippen LogP contribution is -2.24. The van der Waals surface area contributed by atoms with Crippen molar-refractivity contribution in [2.75, 3.05) is 7.05 Å². The summed E-state index contributed by atoms with van der Waals surface area (Å²) in [6, 6.07) is 8.93. The van der Waals surface area contributed by atoms with Gasteiger partial charge in [-0.15, -0.1) is 0 Å². The van der Waals surface area contributed by atoms with Crippen LogP contribution in [-0.4, -0.2) is 21.9 Å². The third kappa shape index (κ3) is 3.85. The minimum atomic E-state index is 0.398. The Bertz CT molecular complexity index is 499. The number of aromatic nitrogens is 2. The highest BCUT2D eigenvalue weighted by Gasteiger charge is 2.15. The van der Waals surface area contributed by atoms with Crippen LogP contribution in [-0.2, 0) is 6.54 Å². The maximum atomic E-state index is 4.33. The molecule has 1 heterocycles. The van der Waals surface area contributed by atoms with E-state index in [0.29, 0.717) is 6.04 Å². The SMILES string of the molecule is CC[C@@H](c1ccc(Br)cc1)N(C)Cc1cnccn1. The molecule has 3 nitrogen and oxygen atoms in total. The molecule has 2 rings (SSSR count). The quantitative estimate of drug-likeness (QED) is 0.838. The molecule has 0 saturated carbocycles. The first-order valence-corrected chi connectivity index (χ1v) is 7.20. The van der Waals surface area contributed by atoms with Gasteiger partial charge in [0.05, 0.1) is 5.69 Å². The van der Waals surface area contributed by atoms with Gasteiger partial charge in [-0.1, -0.05) is 35.0 Å². The van der Waals surface area contributed by atoms with Gasteiger partial charge in [-0.25, -0.2) is 0 Å². The monoisotopic (exact) mass is 319 g/mol. The first-order valence-electron chi connectivity index (χ1n) is 6.41. The molecule has 0 unspecified atom stereocenters. The number of nitrogens with zero attached hydrogens (tertiary/aromatic N) is 3. The van der Waals surface area contributed by atoms with Gasteiger partial charge in [-0.05, 0) is 31.2 Å². The van der Waals surface area contributed by atoms with Crippen molar-refractivity contribution >= 4 is 15.9 Å². The van der Waals surface area contributed by atoms with E-state index in [-0.39, 0.29) is 0 Å². The van der Waals surface area contributed by atoms with E-state index in [9.17, 15) is 0 Å². The van der Waals surface area contributed by atoms with Gasteiger partial charge in [0.15, 0.2) is 0 Å². The molecule has 0 N–H and O–H groups in total. The summed E-state index contributed by atoms with van der Waals surface area (Å²) in [5, 5.41) is 0. The summed E-state index contributed by atoms with van der Waals surface area (Å²) >= 11 is 3.48. The third-order valence-corrected chi connectivity index (χ3v) is 3.73. The van der Waals surface area contributed by atoms with Gasteiger partial charge in [0.1, 0.15) is 0 Å². The molecule has 0 bridgehead atoms. The lowest BCUT2D eigenvalue weighted by Gasteiger charge is -2.27. The van der Waals surface area contributed by atoms with Crippen molar-refractivity contribution in [3.8, 4) is 0 Å². The van der Waals surface area contributed by atoms with Gasteiger partial charge in [-0.3, -0.25) is 14.9 Å². The fourth-order valence-electron chi connectivity index (χ4n) is 2.26. The van der Waals surface area contributed by atoms with Crippen molar-refractivity contribution in [3.05, 3.63) is 58.6 Å². The standard InChI is InChI=1S/C15H18BrN3/c1-3-15(12-4-6-13(16)7-5-12)19(2)11-14-10-17-8-9-18-14/h4-10,15H,3,11H2,1-2H3/t15-/m0/s1. The number of hydrogen-bond acceptors (Lipinski definition) is 3. The summed E-state index contributed by atoms with van der Waals surface area (Å²) < 4.78 is 1.11. The molecule has 2 aromatic rings. The van der Waals surface area contributed by atoms with Gasteiger partial charge in [0.2, 0.25) is 0 Å². The van der Waals surface area contributed by atoms with Gasteiger partial charge in [-0.2, -0.15) is 0 Å². The Kier molecular flexibility index (Phi) is 5.05. The Hall–Kier alpha value is -1.26. The molecule has 0 amide bonds. The van der Waals surface area contributed by atoms with Crippen molar-refractivity contribution in [1.29, 1.82) is 0 Å². The molecule has 0 aliphatic heterocycles. The molecule has 1 aromatic carbocycles. The molecule has 1 aromatic heterocycles. The van der Waals surface area contributed by atoms with Crippen LogP contribution in [0.4, 0.5) is 0 Å². The zero-order chi connectivity index (χ0) is 13.7. The second kappa shape index (κ2) is 6.78. The zero-order valence-corrected chi connectivity index (χ0v) is 12.8. The third-order valence-electron chi connectivity index (χ3n) is 3.20. The summed E-state index contributed by atoms with van der Waals surface area (Å²) in [7, 11) is 2.13. The summed E-state index contributed by atoms with van der Waals surface area (Å²) in [6.07, 6.45) is 6.34. The van der Waals surface area contributed by atoms with Crippen molar-refractivity contribution in [3.63, 3.8) is 0 Å². The second-order valence-electron chi connectivity index (χ2n) is 4.59. The van der Waals surface area contributed by atoms with Crippen LogP contribution < -0.4 is 0 Å². The van der Waals surface area contributed by atoms with E-state index in [1.165, 1.54) is 5.56 Å². The normalized spacial score (nSPS) is 12.6. The molecule has 0 radical (unpaired) electrons. The van der Waals surface area contributed by atoms with Gasteiger partial charge >= 0.3 is 0 Å². The largest absolute Gasteiger partial charge is 0.293 e. The minimum Gasteiger partial charge on any atom is -0.293 e. The first kappa shape index (κ1) is 14.2. The fourth-order valence-corrected chi connectivity index (χ4v) is 2.53. The van der Waals surface area contributed by atoms with E-state index in [2.05, 4.69) is 69.0 Å². The van der Waals surface area contributed by atoms with E-state index in [4.69, 9.17) is 0 Å². The Balaban J connectivity index is 2.11. The van der Waals surface area contributed by atoms with Crippen LogP contribution in [0.1, 0.15) is 30.6 Å². The predicted octanol–water partition coefficient (Wildman–Crippen LogP) is 3.82. The van der Waals surface area contributed by atoms with Crippen LogP contribution >= 0.6 is 15.9 Å². The van der Waals surface area contributed by atoms with Gasteiger partial charge in [0.25, 0.3) is 0 Å². The summed E-state index contributed by atoms with van der Waals surface area (Å²) in [4.78, 5) is 10.8. The van der Waals surface area contributed by atoms with Crippen molar-refractivity contribution in [2.24, 2.45) is 0 Å². The average molecular weight is 320 g/mol. The maximum absolute atomic E-state index is 4.33. The van der Waals surface area contributed by atoms with Crippen LogP contribution in [0.15, 0.2) is 47.3 Å². The zero-order valence-electron chi connectivity index (χ0n) is 11.3. The first-order chi connectivity index (χ1) is 9.20. The number of rotatable bonds is 5. The Morgan fingerprint density at radius 3 is 2.53 bits per heavy atom. The summed E-state index contributed by atoms with van der Waals surface area (Å²) in [5.74, 6) is 0. The van der Waals surface area contributed by atoms with E-state index < -0.39 is 0 Å². The smallest absolute Gasteiger partial charge is 0.0726 e. The van der Waals surface area contributed by atoms with Crippen LogP contribution in [0.25, 0.3) is 0 Å². The van der Waals surface area contributed by atoms with Crippen LogP contribution in [0.5, 0.6) is 0 Å². The molecular weight excluding hydrogens is 302 g/mol. The molecule has 4 heteroatoms. The van der Waals surface area contributed by atoms with Gasteiger partial charge in [0, 0.05) is 35.6 Å². The minimum absolute atomic E-state index is 0.398. The van der Waals surface area contributed by atoms with E-state index in [1.807, 2.05) is 6.20 Å². The van der Waals surface area contributed by atoms with E-state index in [1.54, 1.807) is 12.4 Å². The molecule has 0 aliphatic rings. The molecule has 0 fully saturated rings. The number of halogens is 1. The highest BCUT2D eigenvalue weighted by Crippen LogP contribution is 2.25. The Labute approximate surface area is 122 Å². The lowest BCUT2D eigenvalue weighted by atomic mass is 10.0. The van der Waals surface area contributed by atoms with E-state index in [0.717, 1.165) is 23.1 Å². The van der Waals surface area contributed by atoms with Gasteiger partial charge < -0.3 is 0 Å². The molecule has 0 aliphatic carbocycles. The number of benzene rings is 1. The van der Waals surface area contributed by atoms with Crippen molar-refractivity contribution < 1.29 is 0 Å². The van der Waals surface area contributed by atoms with Crippen molar-refractivity contribution in [1.82, 2.24) is 14.9 Å². The number of hydrogen-bond donors (Lipinski definition) is 0. The highest BCUT2D eigenvalue weighted by molar-refractivity contribution is 9.10. The molecule has 0 spiro atoms. The molecule has 100 valence electrons. The molecule has 19 heavy (non-hydrogen) atoms. The topological polar surface area (TPSA) is 29.0 Å². The van der Waals surface area contributed by atoms with Crippen LogP contribution in [0.3, 0.4) is 0 Å². The van der Waals surface area contributed by atoms with E-state index >= 15 is 0 Å². The molecule has 0 saturated heterocycles. The predicted molar refractivity (Wildman–Crippen MR) is 80.7 cm³/mol. The fraction of sp³-hybridized carbons (Fsp3) is 0.333. The Morgan fingerprint density at radius 1 is 1.21 bits per heavy atom. The Morgan fingerprint density at radius 2 is 1.95 bits per heavy atom. The average Bonchev–Trinajstić information content (AvgIpc) is 2.43. The van der Waals surface area contributed by atoms with Crippen LogP contribution in [0, 0.1) is 0 Å². The highest BCUT2D eigenvalue weighted by atomic mass is 79.9. The summed E-state index contributed by atoms with van der Waals surface area (Å²) in [5.41, 5.74) is 2.33. The summed E-state index contributed by atoms with van der Waals surface area (Å²) in [6.45, 7) is 3.02. The molecular formula is C15H18BrN3. The van der Waals surface area contributed by atoms with Crippen LogP contribution in [0.2, 0.25) is 0 Å². The maximum Gasteiger partial charge on any atom is 0.0726 e. The molecule has 1 atom stereocenters. The lowest BCUT2D eigenvalue weighted by molar-refractivity contribution is 0.227.